The molecule has 1 spiro atoms. The molecule has 4 bridgehead atoms. The highest BCUT2D eigenvalue weighted by Crippen LogP contribution is 2.58. The molecule has 6 fully saturated rings. The fraction of sp³-hybridized carbons (Fsp3) is 0.882. The monoisotopic (exact) mass is 288 g/mol. The summed E-state index contributed by atoms with van der Waals surface area (Å²) in [6, 6.07) is -0.0760. The van der Waals surface area contributed by atoms with Crippen LogP contribution in [-0.2, 0) is 4.79 Å². The molecule has 1 heterocycles. The van der Waals surface area contributed by atoms with Crippen molar-refractivity contribution in [2.45, 2.75) is 75.3 Å². The first kappa shape index (κ1) is 12.5. The quantitative estimate of drug-likeness (QED) is 0.806. The molecule has 1 saturated heterocycles. The number of urea groups is 1. The van der Waals surface area contributed by atoms with E-state index in [0.29, 0.717) is 6.42 Å². The lowest BCUT2D eigenvalue weighted by Crippen LogP contribution is -2.72. The number of hydrogen-bond donors (Lipinski definition) is 1. The molecule has 5 aliphatic carbocycles. The van der Waals surface area contributed by atoms with Gasteiger partial charge in [-0.3, -0.25) is 9.69 Å². The SMILES string of the molecule is O=C1CC2(CCC2)NC(=O)N1C12CC3CC(CC(C3)C1)C2. The Kier molecular flexibility index (Phi) is 2.27. The van der Waals surface area contributed by atoms with Crippen molar-refractivity contribution in [3.63, 3.8) is 0 Å². The zero-order valence-corrected chi connectivity index (χ0v) is 12.6. The van der Waals surface area contributed by atoms with Crippen LogP contribution in [0, 0.1) is 17.8 Å². The molecule has 1 aliphatic heterocycles. The third kappa shape index (κ3) is 1.62. The van der Waals surface area contributed by atoms with Crippen LogP contribution < -0.4 is 5.32 Å². The van der Waals surface area contributed by atoms with Gasteiger partial charge in [0, 0.05) is 0 Å². The fourth-order valence-electron chi connectivity index (χ4n) is 6.53. The molecule has 0 unspecified atom stereocenters. The Labute approximate surface area is 125 Å². The second-order valence-electron chi connectivity index (χ2n) is 8.61. The van der Waals surface area contributed by atoms with E-state index < -0.39 is 0 Å². The molecule has 0 radical (unpaired) electrons. The number of imide groups is 1. The van der Waals surface area contributed by atoms with Crippen LogP contribution in [0.4, 0.5) is 4.79 Å². The predicted molar refractivity (Wildman–Crippen MR) is 77.5 cm³/mol. The third-order valence-electron chi connectivity index (χ3n) is 7.11. The van der Waals surface area contributed by atoms with Gasteiger partial charge < -0.3 is 5.32 Å². The van der Waals surface area contributed by atoms with E-state index in [2.05, 4.69) is 5.32 Å². The van der Waals surface area contributed by atoms with Crippen LogP contribution in [0.15, 0.2) is 0 Å². The summed E-state index contributed by atoms with van der Waals surface area (Å²) in [4.78, 5) is 27.2. The first-order valence-electron chi connectivity index (χ1n) is 8.73. The maximum atomic E-state index is 12.8. The van der Waals surface area contributed by atoms with Crippen molar-refractivity contribution in [2.24, 2.45) is 17.8 Å². The zero-order chi connectivity index (χ0) is 14.2. The Morgan fingerprint density at radius 2 is 1.52 bits per heavy atom. The van der Waals surface area contributed by atoms with Crippen LogP contribution in [-0.4, -0.2) is 27.9 Å². The van der Waals surface area contributed by atoms with Gasteiger partial charge in [0.05, 0.1) is 17.5 Å². The third-order valence-corrected chi connectivity index (χ3v) is 7.11. The number of hydrogen-bond acceptors (Lipinski definition) is 2. The van der Waals surface area contributed by atoms with Gasteiger partial charge in [0.15, 0.2) is 0 Å². The van der Waals surface area contributed by atoms with E-state index in [0.717, 1.165) is 56.3 Å². The Morgan fingerprint density at radius 1 is 0.952 bits per heavy atom. The van der Waals surface area contributed by atoms with Crippen molar-refractivity contribution in [3.05, 3.63) is 0 Å². The number of nitrogens with one attached hydrogen (secondary N) is 1. The Balaban J connectivity index is 1.47. The van der Waals surface area contributed by atoms with Gasteiger partial charge in [-0.05, 0) is 75.5 Å². The summed E-state index contributed by atoms with van der Waals surface area (Å²) in [5, 5.41) is 3.20. The van der Waals surface area contributed by atoms with Gasteiger partial charge in [0.1, 0.15) is 0 Å². The Hall–Kier alpha value is -1.06. The molecule has 5 saturated carbocycles. The van der Waals surface area contributed by atoms with Gasteiger partial charge in [-0.2, -0.15) is 0 Å². The van der Waals surface area contributed by atoms with Gasteiger partial charge in [0.25, 0.3) is 0 Å². The molecule has 3 amide bonds. The van der Waals surface area contributed by atoms with Crippen LogP contribution >= 0.6 is 0 Å². The molecule has 0 aromatic carbocycles. The molecule has 6 rings (SSSR count). The Morgan fingerprint density at radius 3 is 1.95 bits per heavy atom. The van der Waals surface area contributed by atoms with Gasteiger partial charge >= 0.3 is 6.03 Å². The maximum absolute atomic E-state index is 12.8. The average molecular weight is 288 g/mol. The van der Waals surface area contributed by atoms with E-state index in [9.17, 15) is 9.59 Å². The van der Waals surface area contributed by atoms with E-state index in [1.54, 1.807) is 4.90 Å². The highest BCUT2D eigenvalue weighted by atomic mass is 16.2. The highest BCUT2D eigenvalue weighted by molar-refractivity contribution is 5.99. The summed E-state index contributed by atoms with van der Waals surface area (Å²) in [6.07, 6.45) is 10.9. The maximum Gasteiger partial charge on any atom is 0.325 e. The topological polar surface area (TPSA) is 49.4 Å². The molecule has 6 aliphatic rings. The second kappa shape index (κ2) is 3.82. The molecular weight excluding hydrogens is 264 g/mol. The van der Waals surface area contributed by atoms with Gasteiger partial charge in [-0.15, -0.1) is 0 Å². The number of rotatable bonds is 1. The standard InChI is InChI=1S/C17H24N2O2/c20-14-10-16(2-1-3-16)18-15(21)19(14)17-7-11-4-12(8-17)6-13(5-11)9-17/h11-13H,1-10H2,(H,18,21). The van der Waals surface area contributed by atoms with Gasteiger partial charge in [0.2, 0.25) is 5.91 Å². The summed E-state index contributed by atoms with van der Waals surface area (Å²) in [7, 11) is 0. The minimum atomic E-state index is -0.174. The number of nitrogens with zero attached hydrogens (tertiary/aromatic N) is 1. The van der Waals surface area contributed by atoms with Crippen molar-refractivity contribution in [3.8, 4) is 0 Å². The molecular formula is C17H24N2O2. The summed E-state index contributed by atoms with van der Waals surface area (Å²) in [5.41, 5.74) is -0.297. The molecule has 114 valence electrons. The van der Waals surface area contributed by atoms with Crippen molar-refractivity contribution in [2.75, 3.05) is 0 Å². The van der Waals surface area contributed by atoms with E-state index in [-0.39, 0.29) is 23.0 Å². The largest absolute Gasteiger partial charge is 0.332 e. The molecule has 0 aromatic rings. The number of carbonyl (C=O) groups is 2. The minimum absolute atomic E-state index is 0.0760. The summed E-state index contributed by atoms with van der Waals surface area (Å²) < 4.78 is 0. The van der Waals surface area contributed by atoms with Crippen molar-refractivity contribution in [1.82, 2.24) is 10.2 Å². The smallest absolute Gasteiger partial charge is 0.325 e. The number of amides is 3. The highest BCUT2D eigenvalue weighted by Gasteiger charge is 2.59. The van der Waals surface area contributed by atoms with Crippen LogP contribution in [0.3, 0.4) is 0 Å². The normalized spacial score (nSPS) is 46.7. The lowest BCUT2D eigenvalue weighted by molar-refractivity contribution is -0.149. The van der Waals surface area contributed by atoms with E-state index in [4.69, 9.17) is 0 Å². The molecule has 4 heteroatoms. The molecule has 0 aromatic heterocycles. The van der Waals surface area contributed by atoms with Crippen molar-refractivity contribution >= 4 is 11.9 Å². The van der Waals surface area contributed by atoms with Crippen LogP contribution in [0.1, 0.15) is 64.2 Å². The van der Waals surface area contributed by atoms with Gasteiger partial charge in [-0.1, -0.05) is 0 Å². The molecule has 21 heavy (non-hydrogen) atoms. The fourth-order valence-corrected chi connectivity index (χ4v) is 6.53. The zero-order valence-electron chi connectivity index (χ0n) is 12.6. The first-order chi connectivity index (χ1) is 10.1. The van der Waals surface area contributed by atoms with Gasteiger partial charge in [-0.25, -0.2) is 4.79 Å². The van der Waals surface area contributed by atoms with E-state index in [1.807, 2.05) is 0 Å². The number of carbonyl (C=O) groups excluding carboxylic acids is 2. The van der Waals surface area contributed by atoms with Crippen LogP contribution in [0.2, 0.25) is 0 Å². The summed E-state index contributed by atoms with van der Waals surface area (Å²) in [5.74, 6) is 2.39. The second-order valence-corrected chi connectivity index (χ2v) is 8.61. The average Bonchev–Trinajstić information content (AvgIpc) is 2.33. The summed E-state index contributed by atoms with van der Waals surface area (Å²) in [6.45, 7) is 0. The van der Waals surface area contributed by atoms with E-state index >= 15 is 0 Å². The van der Waals surface area contributed by atoms with Crippen molar-refractivity contribution < 1.29 is 9.59 Å². The molecule has 0 atom stereocenters. The predicted octanol–water partition coefficient (Wildman–Crippen LogP) is 2.82. The van der Waals surface area contributed by atoms with Crippen molar-refractivity contribution in [1.29, 1.82) is 0 Å². The lowest BCUT2D eigenvalue weighted by Gasteiger charge is -2.61. The molecule has 1 N–H and O–H groups in total. The lowest BCUT2D eigenvalue weighted by atomic mass is 9.52. The minimum Gasteiger partial charge on any atom is -0.332 e. The van der Waals surface area contributed by atoms with Crippen LogP contribution in [0.25, 0.3) is 0 Å². The van der Waals surface area contributed by atoms with Crippen LogP contribution in [0.5, 0.6) is 0 Å². The first-order valence-corrected chi connectivity index (χ1v) is 8.73. The van der Waals surface area contributed by atoms with E-state index in [1.165, 1.54) is 19.3 Å². The summed E-state index contributed by atoms with van der Waals surface area (Å²) >= 11 is 0. The Bertz CT molecular complexity index is 468. The molecule has 4 nitrogen and oxygen atoms in total.